The molecular weight excluding hydrogens is 556 g/mol. The van der Waals surface area contributed by atoms with E-state index in [4.69, 9.17) is 4.74 Å². The fraction of sp³-hybridized carbons (Fsp3) is 0.919. The summed E-state index contributed by atoms with van der Waals surface area (Å²) in [5.74, 6) is 5.33. The average Bonchev–Trinajstić information content (AvgIpc) is 3.27. The van der Waals surface area contributed by atoms with Gasteiger partial charge in [-0.1, -0.05) is 114 Å². The monoisotopic (exact) mass is 618 g/mol. The van der Waals surface area contributed by atoms with Crippen molar-refractivity contribution in [3.8, 4) is 0 Å². The van der Waals surface area contributed by atoms with E-state index in [1.165, 1.54) is 89.9 Å². The summed E-state index contributed by atoms with van der Waals surface area (Å²) in [6, 6.07) is 0. The van der Waals surface area contributed by atoms with Crippen molar-refractivity contribution in [2.24, 2.45) is 46.3 Å². The van der Waals surface area contributed by atoms with Crippen molar-refractivity contribution in [2.45, 2.75) is 163 Å². The minimum Gasteiger partial charge on any atom is -0.462 e. The SMILES string of the molecule is CC(C)CCC[C@@H](C)[C@H]1CC[C@H]2[C@@H]3CC=C4C[C@@H](OC(=O)CCCCCCCCCBr)CC[C@]4(C)[C@H]3CC[C@]12C. The van der Waals surface area contributed by atoms with E-state index >= 15 is 0 Å². The van der Waals surface area contributed by atoms with Gasteiger partial charge in [0.1, 0.15) is 6.10 Å². The van der Waals surface area contributed by atoms with Crippen LogP contribution in [0, 0.1) is 46.3 Å². The first-order valence-corrected chi connectivity index (χ1v) is 18.8. The fourth-order valence-corrected chi connectivity index (χ4v) is 10.6. The summed E-state index contributed by atoms with van der Waals surface area (Å²) in [7, 11) is 0. The maximum absolute atomic E-state index is 12.7. The fourth-order valence-electron chi connectivity index (χ4n) is 10.2. The Morgan fingerprint density at radius 1 is 0.900 bits per heavy atom. The molecule has 0 N–H and O–H groups in total. The van der Waals surface area contributed by atoms with Gasteiger partial charge < -0.3 is 4.74 Å². The van der Waals surface area contributed by atoms with Crippen LogP contribution in [0.5, 0.6) is 0 Å². The molecule has 2 nitrogen and oxygen atoms in total. The predicted molar refractivity (Wildman–Crippen MR) is 174 cm³/mol. The number of fused-ring (bicyclic) bond motifs is 5. The van der Waals surface area contributed by atoms with Gasteiger partial charge >= 0.3 is 5.97 Å². The Hall–Kier alpha value is -0.310. The molecule has 3 heteroatoms. The molecule has 0 aromatic heterocycles. The highest BCUT2D eigenvalue weighted by Gasteiger charge is 2.59. The maximum Gasteiger partial charge on any atom is 0.306 e. The van der Waals surface area contributed by atoms with Gasteiger partial charge in [-0.2, -0.15) is 0 Å². The molecule has 0 amide bonds. The molecule has 230 valence electrons. The van der Waals surface area contributed by atoms with Crippen LogP contribution in [-0.2, 0) is 9.53 Å². The number of allylic oxidation sites excluding steroid dienone is 1. The second-order valence-electron chi connectivity index (χ2n) is 15.6. The normalized spacial score (nSPS) is 36.0. The quantitative estimate of drug-likeness (QED) is 0.0789. The number of rotatable bonds is 15. The topological polar surface area (TPSA) is 26.3 Å². The molecule has 3 saturated carbocycles. The highest BCUT2D eigenvalue weighted by molar-refractivity contribution is 9.09. The zero-order chi connectivity index (χ0) is 28.8. The molecule has 0 aromatic rings. The molecule has 0 bridgehead atoms. The molecule has 4 aliphatic rings. The lowest BCUT2D eigenvalue weighted by atomic mass is 9.47. The lowest BCUT2D eigenvalue weighted by molar-refractivity contribution is -0.151. The highest BCUT2D eigenvalue weighted by atomic mass is 79.9. The molecule has 0 aliphatic heterocycles. The Kier molecular flexibility index (Phi) is 12.2. The van der Waals surface area contributed by atoms with Crippen LogP contribution >= 0.6 is 15.9 Å². The van der Waals surface area contributed by atoms with Crippen LogP contribution in [0.25, 0.3) is 0 Å². The van der Waals surface area contributed by atoms with Crippen molar-refractivity contribution in [3.63, 3.8) is 0 Å². The first kappa shape index (κ1) is 32.6. The largest absolute Gasteiger partial charge is 0.462 e. The number of unbranched alkanes of at least 4 members (excludes halogenated alkanes) is 6. The summed E-state index contributed by atoms with van der Waals surface area (Å²) in [6.45, 7) is 12.6. The van der Waals surface area contributed by atoms with Gasteiger partial charge in [0.05, 0.1) is 0 Å². The molecule has 4 rings (SSSR count). The van der Waals surface area contributed by atoms with Gasteiger partial charge in [-0.3, -0.25) is 4.79 Å². The lowest BCUT2D eigenvalue weighted by Crippen LogP contribution is -2.51. The Labute approximate surface area is 256 Å². The van der Waals surface area contributed by atoms with Crippen molar-refractivity contribution in [2.75, 3.05) is 5.33 Å². The Balaban J connectivity index is 1.26. The first-order valence-electron chi connectivity index (χ1n) is 17.6. The number of carbonyl (C=O) groups is 1. The molecule has 0 saturated heterocycles. The number of hydrogen-bond donors (Lipinski definition) is 0. The standard InChI is InChI=1S/C37H63BrO2/c1-27(2)14-13-15-28(3)32-19-20-33-31-18-17-29-26-30(21-23-36(29,4)34(31)22-24-37(32,33)5)40-35(39)16-11-9-7-6-8-10-12-25-38/h17,27-28,30-34H,6-16,18-26H2,1-5H3/t28-,30+,31+,32-,33+,34+,36+,37-/m1/s1. The Morgan fingerprint density at radius 2 is 1.62 bits per heavy atom. The van der Waals surface area contributed by atoms with Crippen molar-refractivity contribution in [3.05, 3.63) is 11.6 Å². The molecular formula is C37H63BrO2. The van der Waals surface area contributed by atoms with Gasteiger partial charge in [-0.15, -0.1) is 0 Å². The predicted octanol–water partition coefficient (Wildman–Crippen LogP) is 11.5. The third kappa shape index (κ3) is 7.60. The molecule has 40 heavy (non-hydrogen) atoms. The number of ether oxygens (including phenoxy) is 1. The third-order valence-corrected chi connectivity index (χ3v) is 13.1. The van der Waals surface area contributed by atoms with Crippen LogP contribution in [0.4, 0.5) is 0 Å². The van der Waals surface area contributed by atoms with E-state index in [1.807, 2.05) is 0 Å². The second kappa shape index (κ2) is 14.9. The third-order valence-electron chi connectivity index (χ3n) is 12.6. The molecule has 3 fully saturated rings. The van der Waals surface area contributed by atoms with Crippen molar-refractivity contribution in [1.82, 2.24) is 0 Å². The van der Waals surface area contributed by atoms with E-state index in [1.54, 1.807) is 5.57 Å². The summed E-state index contributed by atoms with van der Waals surface area (Å²) in [5, 5.41) is 1.12. The summed E-state index contributed by atoms with van der Waals surface area (Å²) in [6.07, 6.45) is 26.6. The van der Waals surface area contributed by atoms with Crippen LogP contribution in [0.1, 0.15) is 157 Å². The van der Waals surface area contributed by atoms with Crippen molar-refractivity contribution < 1.29 is 9.53 Å². The summed E-state index contributed by atoms with van der Waals surface area (Å²) >= 11 is 3.51. The summed E-state index contributed by atoms with van der Waals surface area (Å²) in [5.41, 5.74) is 2.53. The first-order chi connectivity index (χ1) is 19.2. The Bertz CT molecular complexity index is 834. The number of alkyl halides is 1. The van der Waals surface area contributed by atoms with Crippen LogP contribution in [0.15, 0.2) is 11.6 Å². The van der Waals surface area contributed by atoms with Gasteiger partial charge in [-0.25, -0.2) is 0 Å². The minimum atomic E-state index is 0.0510. The minimum absolute atomic E-state index is 0.0510. The number of halogens is 1. The molecule has 0 radical (unpaired) electrons. The maximum atomic E-state index is 12.7. The smallest absolute Gasteiger partial charge is 0.306 e. The zero-order valence-electron chi connectivity index (χ0n) is 27.0. The molecule has 8 atom stereocenters. The molecule has 0 aromatic carbocycles. The van der Waals surface area contributed by atoms with Gasteiger partial charge in [-0.05, 0) is 104 Å². The summed E-state index contributed by atoms with van der Waals surface area (Å²) in [4.78, 5) is 12.7. The van der Waals surface area contributed by atoms with E-state index in [9.17, 15) is 4.79 Å². The van der Waals surface area contributed by atoms with Crippen LogP contribution in [0.2, 0.25) is 0 Å². The van der Waals surface area contributed by atoms with Crippen molar-refractivity contribution >= 4 is 21.9 Å². The molecule has 0 unspecified atom stereocenters. The Morgan fingerprint density at radius 3 is 2.35 bits per heavy atom. The van der Waals surface area contributed by atoms with E-state index in [0.717, 1.165) is 66.5 Å². The van der Waals surface area contributed by atoms with Gasteiger partial charge in [0.25, 0.3) is 0 Å². The van der Waals surface area contributed by atoms with Crippen LogP contribution in [0.3, 0.4) is 0 Å². The summed E-state index contributed by atoms with van der Waals surface area (Å²) < 4.78 is 6.07. The van der Waals surface area contributed by atoms with Gasteiger partial charge in [0.15, 0.2) is 0 Å². The number of hydrogen-bond acceptors (Lipinski definition) is 2. The van der Waals surface area contributed by atoms with E-state index in [2.05, 4.69) is 56.6 Å². The van der Waals surface area contributed by atoms with Gasteiger partial charge in [0, 0.05) is 18.2 Å². The highest BCUT2D eigenvalue weighted by Crippen LogP contribution is 2.67. The van der Waals surface area contributed by atoms with Crippen LogP contribution < -0.4 is 0 Å². The lowest BCUT2D eigenvalue weighted by Gasteiger charge is -2.58. The number of esters is 1. The molecule has 0 spiro atoms. The van der Waals surface area contributed by atoms with Gasteiger partial charge in [0.2, 0.25) is 0 Å². The van der Waals surface area contributed by atoms with Crippen LogP contribution in [-0.4, -0.2) is 17.4 Å². The van der Waals surface area contributed by atoms with E-state index in [0.29, 0.717) is 17.3 Å². The average molecular weight is 620 g/mol. The van der Waals surface area contributed by atoms with Crippen molar-refractivity contribution in [1.29, 1.82) is 0 Å². The molecule has 0 heterocycles. The van der Waals surface area contributed by atoms with E-state index < -0.39 is 0 Å². The van der Waals surface area contributed by atoms with E-state index in [-0.39, 0.29) is 12.1 Å². The second-order valence-corrected chi connectivity index (χ2v) is 16.4. The zero-order valence-corrected chi connectivity index (χ0v) is 28.5. The number of carbonyl (C=O) groups excluding carboxylic acids is 1. The molecule has 4 aliphatic carbocycles.